The summed E-state index contributed by atoms with van der Waals surface area (Å²) in [7, 11) is -0.443. The quantitative estimate of drug-likeness (QED) is 0.835. The Morgan fingerprint density at radius 1 is 1.27 bits per heavy atom. The molecule has 0 aromatic heterocycles. The van der Waals surface area contributed by atoms with Crippen LogP contribution < -0.4 is 5.32 Å². The maximum absolute atomic E-state index is 13.0. The van der Waals surface area contributed by atoms with Crippen LogP contribution in [0.25, 0.3) is 0 Å². The monoisotopic (exact) mass is 381 g/mol. The lowest BCUT2D eigenvalue weighted by Gasteiger charge is -2.32. The minimum Gasteiger partial charge on any atom is -0.347 e. The second kappa shape index (κ2) is 8.18. The molecular formula is C18H27N3O4S. The van der Waals surface area contributed by atoms with Gasteiger partial charge in [0.2, 0.25) is 15.9 Å². The number of amides is 2. The average Bonchev–Trinajstić information content (AvgIpc) is 2.59. The van der Waals surface area contributed by atoms with Gasteiger partial charge in [-0.1, -0.05) is 12.5 Å². The first-order valence-electron chi connectivity index (χ1n) is 8.75. The zero-order valence-electron chi connectivity index (χ0n) is 15.8. The van der Waals surface area contributed by atoms with E-state index in [0.717, 1.165) is 19.3 Å². The molecule has 1 atom stereocenters. The number of sulfonamides is 1. The largest absolute Gasteiger partial charge is 0.347 e. The highest BCUT2D eigenvalue weighted by molar-refractivity contribution is 7.89. The van der Waals surface area contributed by atoms with E-state index in [4.69, 9.17) is 0 Å². The number of rotatable bonds is 5. The maximum Gasteiger partial charge on any atom is 0.252 e. The number of benzene rings is 1. The van der Waals surface area contributed by atoms with Crippen LogP contribution in [-0.4, -0.2) is 62.7 Å². The molecule has 1 aliphatic rings. The SMILES string of the molecule is Cc1ccc(S(=O)(=O)N2CCCCC2C)cc1C(=O)NCC(=O)N(C)C. The molecule has 0 spiro atoms. The van der Waals surface area contributed by atoms with Crippen molar-refractivity contribution in [2.45, 2.75) is 44.0 Å². The van der Waals surface area contributed by atoms with Crippen molar-refractivity contribution in [3.63, 3.8) is 0 Å². The summed E-state index contributed by atoms with van der Waals surface area (Å²) in [4.78, 5) is 25.6. The van der Waals surface area contributed by atoms with Crippen LogP contribution in [0.15, 0.2) is 23.1 Å². The minimum atomic E-state index is -3.65. The van der Waals surface area contributed by atoms with Gasteiger partial charge in [-0.05, 0) is 44.4 Å². The van der Waals surface area contributed by atoms with Crippen LogP contribution in [0.1, 0.15) is 42.1 Å². The Labute approximate surface area is 155 Å². The molecule has 8 heteroatoms. The van der Waals surface area contributed by atoms with Crippen LogP contribution in [0.4, 0.5) is 0 Å². The van der Waals surface area contributed by atoms with Crippen LogP contribution in [0.5, 0.6) is 0 Å². The summed E-state index contributed by atoms with van der Waals surface area (Å²) in [5.74, 6) is -0.691. The third-order valence-electron chi connectivity index (χ3n) is 4.70. The Morgan fingerprint density at radius 2 is 1.96 bits per heavy atom. The third-order valence-corrected chi connectivity index (χ3v) is 6.71. The van der Waals surface area contributed by atoms with Crippen molar-refractivity contribution in [1.82, 2.24) is 14.5 Å². The van der Waals surface area contributed by atoms with Gasteiger partial charge >= 0.3 is 0 Å². The van der Waals surface area contributed by atoms with Crippen LogP contribution in [0.2, 0.25) is 0 Å². The number of likely N-dealkylation sites (N-methyl/N-ethyl adjacent to an activating group) is 1. The topological polar surface area (TPSA) is 86.8 Å². The van der Waals surface area contributed by atoms with Crippen molar-refractivity contribution in [2.24, 2.45) is 0 Å². The normalized spacial score (nSPS) is 18.4. The van der Waals surface area contributed by atoms with Crippen molar-refractivity contribution < 1.29 is 18.0 Å². The summed E-state index contributed by atoms with van der Waals surface area (Å²) in [5.41, 5.74) is 0.924. The van der Waals surface area contributed by atoms with E-state index >= 15 is 0 Å². The van der Waals surface area contributed by atoms with Crippen LogP contribution in [0, 0.1) is 6.92 Å². The molecule has 1 heterocycles. The predicted octanol–water partition coefficient (Wildman–Crippen LogP) is 1.38. The summed E-state index contributed by atoms with van der Waals surface area (Å²) in [6.07, 6.45) is 2.70. The number of aryl methyl sites for hydroxylation is 1. The molecule has 1 aromatic rings. The van der Waals surface area contributed by atoms with Crippen molar-refractivity contribution >= 4 is 21.8 Å². The van der Waals surface area contributed by atoms with Gasteiger partial charge in [-0.3, -0.25) is 9.59 Å². The second-order valence-electron chi connectivity index (χ2n) is 6.91. The van der Waals surface area contributed by atoms with E-state index in [1.54, 1.807) is 27.1 Å². The summed E-state index contributed by atoms with van der Waals surface area (Å²) >= 11 is 0. The Morgan fingerprint density at radius 3 is 2.58 bits per heavy atom. The fourth-order valence-electron chi connectivity index (χ4n) is 2.98. The number of carbonyl (C=O) groups is 2. The fourth-order valence-corrected chi connectivity index (χ4v) is 4.71. The molecule has 1 aromatic carbocycles. The molecule has 2 amide bonds. The molecule has 1 N–H and O–H groups in total. The van der Waals surface area contributed by atoms with Crippen molar-refractivity contribution in [3.05, 3.63) is 29.3 Å². The van der Waals surface area contributed by atoms with E-state index in [9.17, 15) is 18.0 Å². The number of nitrogens with one attached hydrogen (secondary N) is 1. The Kier molecular flexibility index (Phi) is 6.41. The molecule has 1 aliphatic heterocycles. The molecule has 1 saturated heterocycles. The third kappa shape index (κ3) is 4.42. The number of piperidine rings is 1. The summed E-state index contributed by atoms with van der Waals surface area (Å²) < 4.78 is 27.5. The molecule has 1 fully saturated rings. The lowest BCUT2D eigenvalue weighted by molar-refractivity contribution is -0.127. The Hall–Kier alpha value is -1.93. The number of carbonyl (C=O) groups excluding carboxylic acids is 2. The first kappa shape index (κ1) is 20.4. The molecule has 144 valence electrons. The van der Waals surface area contributed by atoms with E-state index in [0.29, 0.717) is 12.1 Å². The van der Waals surface area contributed by atoms with Gasteiger partial charge in [0.05, 0.1) is 11.4 Å². The van der Waals surface area contributed by atoms with E-state index in [2.05, 4.69) is 5.32 Å². The zero-order valence-corrected chi connectivity index (χ0v) is 16.6. The standard InChI is InChI=1S/C18H27N3O4S/c1-13-8-9-15(26(24,25)21-10-6-5-7-14(21)2)11-16(13)18(23)19-12-17(22)20(3)4/h8-9,11,14H,5-7,10,12H2,1-4H3,(H,19,23). The molecule has 0 aliphatic carbocycles. The van der Waals surface area contributed by atoms with Gasteiger partial charge in [-0.2, -0.15) is 4.31 Å². The molecule has 26 heavy (non-hydrogen) atoms. The van der Waals surface area contributed by atoms with Crippen LogP contribution in [-0.2, 0) is 14.8 Å². The predicted molar refractivity (Wildman–Crippen MR) is 99.4 cm³/mol. The lowest BCUT2D eigenvalue weighted by atomic mass is 10.1. The zero-order chi connectivity index (χ0) is 19.5. The highest BCUT2D eigenvalue weighted by Crippen LogP contribution is 2.26. The van der Waals surface area contributed by atoms with Crippen molar-refractivity contribution in [1.29, 1.82) is 0 Å². The molecule has 0 saturated carbocycles. The lowest BCUT2D eigenvalue weighted by Crippen LogP contribution is -2.42. The van der Waals surface area contributed by atoms with Gasteiger partial charge in [0.25, 0.3) is 5.91 Å². The van der Waals surface area contributed by atoms with Gasteiger partial charge in [-0.25, -0.2) is 8.42 Å². The summed E-state index contributed by atoms with van der Waals surface area (Å²) in [6, 6.07) is 4.52. The Balaban J connectivity index is 2.26. The van der Waals surface area contributed by atoms with Crippen molar-refractivity contribution in [3.8, 4) is 0 Å². The molecule has 2 rings (SSSR count). The van der Waals surface area contributed by atoms with E-state index in [-0.39, 0.29) is 29.0 Å². The first-order chi connectivity index (χ1) is 12.1. The van der Waals surface area contributed by atoms with Gasteiger partial charge in [0.1, 0.15) is 0 Å². The summed E-state index contributed by atoms with van der Waals surface area (Å²) in [6.45, 7) is 4.01. The molecule has 7 nitrogen and oxygen atoms in total. The van der Waals surface area contributed by atoms with Gasteiger partial charge in [-0.15, -0.1) is 0 Å². The van der Waals surface area contributed by atoms with Crippen LogP contribution >= 0.6 is 0 Å². The molecular weight excluding hydrogens is 354 g/mol. The van der Waals surface area contributed by atoms with Gasteiger partial charge in [0, 0.05) is 32.2 Å². The van der Waals surface area contributed by atoms with Crippen LogP contribution in [0.3, 0.4) is 0 Å². The van der Waals surface area contributed by atoms with Gasteiger partial charge < -0.3 is 10.2 Å². The second-order valence-corrected chi connectivity index (χ2v) is 8.80. The smallest absolute Gasteiger partial charge is 0.252 e. The highest BCUT2D eigenvalue weighted by Gasteiger charge is 2.31. The van der Waals surface area contributed by atoms with Gasteiger partial charge in [0.15, 0.2) is 0 Å². The number of hydrogen-bond donors (Lipinski definition) is 1. The molecule has 0 bridgehead atoms. The molecule has 1 unspecified atom stereocenters. The van der Waals surface area contributed by atoms with E-state index in [1.807, 2.05) is 6.92 Å². The molecule has 0 radical (unpaired) electrons. The summed E-state index contributed by atoms with van der Waals surface area (Å²) in [5, 5.41) is 2.55. The minimum absolute atomic E-state index is 0.0509. The highest BCUT2D eigenvalue weighted by atomic mass is 32.2. The average molecular weight is 381 g/mol. The first-order valence-corrected chi connectivity index (χ1v) is 10.2. The fraction of sp³-hybridized carbons (Fsp3) is 0.556. The number of hydrogen-bond acceptors (Lipinski definition) is 4. The van der Waals surface area contributed by atoms with Crippen molar-refractivity contribution in [2.75, 3.05) is 27.2 Å². The van der Waals surface area contributed by atoms with E-state index < -0.39 is 15.9 Å². The Bertz CT molecular complexity index is 790. The van der Waals surface area contributed by atoms with E-state index in [1.165, 1.54) is 21.3 Å². The number of nitrogens with zero attached hydrogens (tertiary/aromatic N) is 2. The maximum atomic E-state index is 13.0.